The van der Waals surface area contributed by atoms with Gasteiger partial charge in [0, 0.05) is 42.6 Å². The fourth-order valence-corrected chi connectivity index (χ4v) is 25.9. The number of hydrogen-bond donors (Lipinski definition) is 0. The molecule has 0 amide bonds. The van der Waals surface area contributed by atoms with Crippen molar-refractivity contribution < 1.29 is 37.9 Å². The van der Waals surface area contributed by atoms with Gasteiger partial charge < -0.3 is 37.9 Å². The summed E-state index contributed by atoms with van der Waals surface area (Å²) in [6.45, 7) is 30.4. The molecule has 0 aliphatic carbocycles. The minimum Gasteiger partial charge on any atom is -0.379 e. The molecule has 0 bridgehead atoms. The third-order valence-electron chi connectivity index (χ3n) is 10.7. The molecule has 1 aromatic carbocycles. The van der Waals surface area contributed by atoms with Gasteiger partial charge in [0.2, 0.25) is 0 Å². The van der Waals surface area contributed by atoms with Crippen LogP contribution in [0.3, 0.4) is 0 Å². The molecule has 4 saturated heterocycles. The maximum absolute atomic E-state index is 5.71. The van der Waals surface area contributed by atoms with Crippen molar-refractivity contribution in [1.29, 1.82) is 0 Å². The summed E-state index contributed by atoms with van der Waals surface area (Å²) in [6, 6.07) is 15.0. The van der Waals surface area contributed by atoms with E-state index in [4.69, 9.17) is 37.9 Å². The summed E-state index contributed by atoms with van der Waals surface area (Å²) < 4.78 is 43.5. The van der Waals surface area contributed by atoms with Crippen LogP contribution in [0.15, 0.2) is 24.3 Å². The lowest BCUT2D eigenvalue weighted by Crippen LogP contribution is -2.45. The van der Waals surface area contributed by atoms with E-state index >= 15 is 0 Å². The van der Waals surface area contributed by atoms with E-state index in [1.54, 1.807) is 10.4 Å². The average Bonchev–Trinajstić information content (AvgIpc) is 3.86. The molecule has 4 heterocycles. The Morgan fingerprint density at radius 3 is 0.943 bits per heavy atom. The highest BCUT2D eigenvalue weighted by Gasteiger charge is 2.32. The SMILES string of the molecule is C.C.C[Si](C)(CCCOCC1CO1)C[Si](C)(C)CCCOCC1CO1.C[Si](C)(CCCOCC1CO1)c1ccc([Si](C)(C)CCCOCC2CO2)cc1. The first-order valence-electron chi connectivity index (χ1n) is 20.1. The predicted octanol–water partition coefficient (Wildman–Crippen LogP) is 7.95. The molecule has 0 spiro atoms. The van der Waals surface area contributed by atoms with E-state index in [1.807, 2.05) is 0 Å². The van der Waals surface area contributed by atoms with Gasteiger partial charge in [-0.3, -0.25) is 0 Å². The van der Waals surface area contributed by atoms with Crippen molar-refractivity contribution in [3.63, 3.8) is 0 Å². The Hall–Kier alpha value is -0.232. The van der Waals surface area contributed by atoms with Crippen LogP contribution in [0.2, 0.25) is 82.2 Å². The van der Waals surface area contributed by atoms with Crippen molar-refractivity contribution >= 4 is 42.7 Å². The maximum Gasteiger partial charge on any atom is 0.104 e. The molecular formula is C41H82O8Si4. The van der Waals surface area contributed by atoms with Gasteiger partial charge in [-0.15, -0.1) is 0 Å². The van der Waals surface area contributed by atoms with Gasteiger partial charge >= 0.3 is 0 Å². The molecule has 53 heavy (non-hydrogen) atoms. The third-order valence-corrected chi connectivity index (χ3v) is 28.8. The number of ether oxygens (including phenoxy) is 8. The number of hydrogen-bond acceptors (Lipinski definition) is 8. The smallest absolute Gasteiger partial charge is 0.104 e. The number of epoxide rings is 4. The van der Waals surface area contributed by atoms with Crippen LogP contribution >= 0.6 is 0 Å². The van der Waals surface area contributed by atoms with Crippen molar-refractivity contribution in [2.24, 2.45) is 0 Å². The number of rotatable bonds is 28. The summed E-state index contributed by atoms with van der Waals surface area (Å²) in [6.07, 6.45) is 6.32. The van der Waals surface area contributed by atoms with Crippen LogP contribution in [-0.4, -0.2) is 136 Å². The maximum atomic E-state index is 5.71. The first kappa shape index (κ1) is 48.9. The summed E-state index contributed by atoms with van der Waals surface area (Å²) in [5.74, 6) is 0. The van der Waals surface area contributed by atoms with E-state index in [-0.39, 0.29) is 14.9 Å². The van der Waals surface area contributed by atoms with Crippen molar-refractivity contribution in [3.8, 4) is 0 Å². The summed E-state index contributed by atoms with van der Waals surface area (Å²) in [4.78, 5) is 0. The summed E-state index contributed by atoms with van der Waals surface area (Å²) in [5, 5.41) is 3.14. The summed E-state index contributed by atoms with van der Waals surface area (Å²) in [7, 11) is -4.96. The Morgan fingerprint density at radius 2 is 0.698 bits per heavy atom. The Balaban J connectivity index is 0.000000360. The monoisotopic (exact) mass is 815 g/mol. The predicted molar refractivity (Wildman–Crippen MR) is 234 cm³/mol. The second-order valence-corrected chi connectivity index (χ2v) is 39.1. The van der Waals surface area contributed by atoms with Crippen LogP contribution in [0.1, 0.15) is 40.5 Å². The lowest BCUT2D eigenvalue weighted by Gasteiger charge is -2.32. The second-order valence-electron chi connectivity index (χ2n) is 18.4. The van der Waals surface area contributed by atoms with Crippen molar-refractivity contribution in [2.45, 2.75) is 147 Å². The highest BCUT2D eigenvalue weighted by atomic mass is 28.4. The summed E-state index contributed by atoms with van der Waals surface area (Å²) in [5.41, 5.74) is 1.53. The van der Waals surface area contributed by atoms with Crippen molar-refractivity contribution in [1.82, 2.24) is 0 Å². The first-order valence-corrected chi connectivity index (χ1v) is 33.4. The topological polar surface area (TPSA) is 87.0 Å². The highest BCUT2D eigenvalue weighted by molar-refractivity contribution is 6.95. The molecule has 0 radical (unpaired) electrons. The molecule has 1 aromatic rings. The van der Waals surface area contributed by atoms with Gasteiger partial charge in [-0.05, 0) is 25.7 Å². The van der Waals surface area contributed by atoms with Gasteiger partial charge in [0.1, 0.15) is 24.4 Å². The Kier molecular flexibility index (Phi) is 22.0. The van der Waals surface area contributed by atoms with Gasteiger partial charge in [-0.2, -0.15) is 0 Å². The minimum atomic E-state index is -1.39. The Morgan fingerprint density at radius 1 is 0.453 bits per heavy atom. The van der Waals surface area contributed by atoms with E-state index < -0.39 is 32.3 Å². The zero-order chi connectivity index (χ0) is 36.8. The molecule has 5 rings (SSSR count). The Bertz CT molecular complexity index is 1020. The molecule has 4 atom stereocenters. The largest absolute Gasteiger partial charge is 0.379 e. The van der Waals surface area contributed by atoms with Gasteiger partial charge in [0.25, 0.3) is 0 Å². The molecule has 310 valence electrons. The molecular weight excluding hydrogens is 733 g/mol. The molecule has 4 unspecified atom stereocenters. The normalized spacial score (nSPS) is 21.9. The molecule has 12 heteroatoms. The molecule has 4 aliphatic heterocycles. The van der Waals surface area contributed by atoms with Crippen LogP contribution < -0.4 is 10.4 Å². The van der Waals surface area contributed by atoms with Gasteiger partial charge in [0.15, 0.2) is 0 Å². The zero-order valence-corrected chi connectivity index (χ0v) is 37.7. The first-order chi connectivity index (χ1) is 24.2. The molecule has 0 aromatic heterocycles. The lowest BCUT2D eigenvalue weighted by atomic mass is 10.4. The zero-order valence-electron chi connectivity index (χ0n) is 33.7. The van der Waals surface area contributed by atoms with Crippen LogP contribution in [0, 0.1) is 0 Å². The van der Waals surface area contributed by atoms with E-state index in [1.165, 1.54) is 42.7 Å². The van der Waals surface area contributed by atoms with E-state index in [0.717, 1.165) is 92.1 Å². The Labute approximate surface area is 330 Å². The molecule has 4 fully saturated rings. The molecule has 0 N–H and O–H groups in total. The van der Waals surface area contributed by atoms with E-state index in [2.05, 4.69) is 76.6 Å². The van der Waals surface area contributed by atoms with Gasteiger partial charge in [-0.1, -0.05) is 132 Å². The van der Waals surface area contributed by atoms with E-state index in [9.17, 15) is 0 Å². The molecule has 8 nitrogen and oxygen atoms in total. The van der Waals surface area contributed by atoms with Crippen LogP contribution in [0.25, 0.3) is 0 Å². The third kappa shape index (κ3) is 22.3. The van der Waals surface area contributed by atoms with Crippen molar-refractivity contribution in [3.05, 3.63) is 24.3 Å². The fraction of sp³-hybridized carbons (Fsp3) is 0.854. The quantitative estimate of drug-likeness (QED) is 0.0479. The average molecular weight is 815 g/mol. The summed E-state index contributed by atoms with van der Waals surface area (Å²) >= 11 is 0. The second kappa shape index (κ2) is 23.9. The standard InChI is InChI=1S/C22H38O4Si2.C17H36O4Si2.2CH4/c1-27(2,13-5-11-23-15-19-17-25-19)21-7-9-22(10-8-21)28(3,4)14-6-12-24-16-20-18-26-20;1-22(2,9-5-7-18-11-16-13-20-16)15-23(3,4)10-6-8-19-12-17-14-21-17;;/h7-10,19-20H,5-6,11-18H2,1-4H3;16-17H,5-15H2,1-4H3;2*1H4. The fourth-order valence-electron chi connectivity index (χ4n) is 7.19. The van der Waals surface area contributed by atoms with Gasteiger partial charge in [0.05, 0.1) is 69.0 Å². The lowest BCUT2D eigenvalue weighted by molar-refractivity contribution is 0.117. The van der Waals surface area contributed by atoms with Crippen LogP contribution in [0.5, 0.6) is 0 Å². The molecule has 0 saturated carbocycles. The van der Waals surface area contributed by atoms with Crippen LogP contribution in [-0.2, 0) is 37.9 Å². The number of benzene rings is 1. The highest BCUT2D eigenvalue weighted by Crippen LogP contribution is 2.28. The van der Waals surface area contributed by atoms with Gasteiger partial charge in [-0.25, -0.2) is 0 Å². The van der Waals surface area contributed by atoms with Crippen molar-refractivity contribution in [2.75, 3.05) is 79.3 Å². The molecule has 4 aliphatic rings. The van der Waals surface area contributed by atoms with E-state index in [0.29, 0.717) is 24.4 Å². The minimum absolute atomic E-state index is 0. The van der Waals surface area contributed by atoms with Crippen LogP contribution in [0.4, 0.5) is 0 Å².